The number of likely N-dealkylation sites (N-methyl/N-ethyl adjacent to an activating group) is 1. The molecular weight excluding hydrogens is 656 g/mol. The topological polar surface area (TPSA) is 97.5 Å². The molecule has 0 saturated carbocycles. The molecule has 6 rings (SSSR count). The van der Waals surface area contributed by atoms with Crippen molar-refractivity contribution in [1.82, 2.24) is 24.8 Å². The molecule has 11 nitrogen and oxygen atoms in total. The number of halogens is 3. The Bertz CT molecular complexity index is 1930. The molecule has 2 aliphatic heterocycles. The Morgan fingerprint density at radius 2 is 1.92 bits per heavy atom. The molecular formula is C35H38ClF2N7O4. The summed E-state index contributed by atoms with van der Waals surface area (Å²) >= 11 is 6.40. The van der Waals surface area contributed by atoms with Gasteiger partial charge in [0.05, 0.1) is 16.5 Å². The van der Waals surface area contributed by atoms with Gasteiger partial charge in [0.15, 0.2) is 5.82 Å². The molecule has 2 aliphatic rings. The van der Waals surface area contributed by atoms with Crippen LogP contribution < -0.4 is 9.64 Å². The van der Waals surface area contributed by atoms with Crippen LogP contribution in [0.25, 0.3) is 37.8 Å². The highest BCUT2D eigenvalue weighted by Gasteiger charge is 2.37. The van der Waals surface area contributed by atoms with Crippen LogP contribution in [-0.2, 0) is 9.47 Å². The van der Waals surface area contributed by atoms with E-state index in [-0.39, 0.29) is 60.6 Å². The molecule has 2 aromatic carbocycles. The number of anilines is 1. The van der Waals surface area contributed by atoms with E-state index in [0.29, 0.717) is 34.1 Å². The Morgan fingerprint density at radius 3 is 2.63 bits per heavy atom. The normalized spacial score (nSPS) is 20.2. The van der Waals surface area contributed by atoms with Crippen molar-refractivity contribution in [3.05, 3.63) is 64.6 Å². The quantitative estimate of drug-likeness (QED) is 0.209. The van der Waals surface area contributed by atoms with E-state index in [4.69, 9.17) is 37.4 Å². The summed E-state index contributed by atoms with van der Waals surface area (Å²) in [5, 5.41) is 1.14. The zero-order valence-corrected chi connectivity index (χ0v) is 28.8. The van der Waals surface area contributed by atoms with E-state index in [1.54, 1.807) is 57.0 Å². The predicted molar refractivity (Wildman–Crippen MR) is 183 cm³/mol. The zero-order valence-electron chi connectivity index (χ0n) is 28.0. The monoisotopic (exact) mass is 693 g/mol. The molecule has 14 heteroatoms. The molecule has 4 aromatic rings. The van der Waals surface area contributed by atoms with Crippen molar-refractivity contribution >= 4 is 45.2 Å². The van der Waals surface area contributed by atoms with Crippen molar-refractivity contribution in [3.63, 3.8) is 0 Å². The summed E-state index contributed by atoms with van der Waals surface area (Å²) in [6, 6.07) is 7.45. The second-order valence-corrected chi connectivity index (χ2v) is 13.8. The van der Waals surface area contributed by atoms with Crippen LogP contribution in [0, 0.1) is 18.2 Å². The van der Waals surface area contributed by atoms with Gasteiger partial charge in [-0.25, -0.2) is 20.1 Å². The third-order valence-electron chi connectivity index (χ3n) is 8.93. The maximum absolute atomic E-state index is 16.8. The fraction of sp³-hybridized carbons (Fsp3) is 0.457. The lowest BCUT2D eigenvalue weighted by atomic mass is 10.0. The molecule has 0 radical (unpaired) electrons. The van der Waals surface area contributed by atoms with Gasteiger partial charge < -0.3 is 24.0 Å². The highest BCUT2D eigenvalue weighted by molar-refractivity contribution is 6.36. The van der Waals surface area contributed by atoms with Gasteiger partial charge in [-0.15, -0.1) is 0 Å². The van der Waals surface area contributed by atoms with Gasteiger partial charge in [0, 0.05) is 56.5 Å². The predicted octanol–water partition coefficient (Wildman–Crippen LogP) is 6.22. The highest BCUT2D eigenvalue weighted by atomic mass is 35.5. The third kappa shape index (κ3) is 7.04. The maximum Gasteiger partial charge on any atom is 0.410 e. The molecule has 0 spiro atoms. The van der Waals surface area contributed by atoms with E-state index in [2.05, 4.69) is 19.7 Å². The summed E-state index contributed by atoms with van der Waals surface area (Å²) in [5.41, 5.74) is -0.491. The molecule has 2 aromatic heterocycles. The number of piperazine rings is 1. The van der Waals surface area contributed by atoms with Crippen molar-refractivity contribution in [2.45, 2.75) is 51.0 Å². The number of hydrogen-bond donors (Lipinski definition) is 0. The number of aromatic nitrogens is 3. The molecule has 49 heavy (non-hydrogen) atoms. The largest absolute Gasteiger partial charge is 0.462 e. The van der Waals surface area contributed by atoms with Crippen molar-refractivity contribution in [1.29, 1.82) is 0 Å². The van der Waals surface area contributed by atoms with Crippen LogP contribution in [0.15, 0.2) is 36.5 Å². The zero-order chi connectivity index (χ0) is 35.0. The fourth-order valence-corrected chi connectivity index (χ4v) is 6.73. The number of carbonyl (C=O) groups excluding carboxylic acids is 1. The number of amides is 1. The molecule has 1 amide bonds. The van der Waals surface area contributed by atoms with E-state index in [0.717, 1.165) is 13.0 Å². The number of hydrogen-bond acceptors (Lipinski definition) is 9. The number of rotatable bonds is 7. The SMILES string of the molecule is [C-]#[N+]C[C@H]1CN(c2nc(OC[C@@H]3C[C@@H](OC)CN3C)nc3c(F)c(-c4cccc5ccc(F)c(Cl)c45)ncc23)CCN1C(=O)OC(C)(C)C. The number of ether oxygens (including phenoxy) is 3. The first-order valence-corrected chi connectivity index (χ1v) is 16.4. The smallest absolute Gasteiger partial charge is 0.410 e. The lowest BCUT2D eigenvalue weighted by molar-refractivity contribution is 0.0155. The van der Waals surface area contributed by atoms with E-state index in [1.807, 2.05) is 11.9 Å². The number of fused-ring (bicyclic) bond motifs is 2. The summed E-state index contributed by atoms with van der Waals surface area (Å²) in [6.45, 7) is 14.7. The minimum atomic E-state index is -0.749. The number of nitrogens with zero attached hydrogens (tertiary/aromatic N) is 7. The van der Waals surface area contributed by atoms with E-state index >= 15 is 4.39 Å². The van der Waals surface area contributed by atoms with Crippen molar-refractivity contribution in [2.24, 2.45) is 0 Å². The average Bonchev–Trinajstić information content (AvgIpc) is 3.44. The van der Waals surface area contributed by atoms with Crippen LogP contribution in [0.2, 0.25) is 5.02 Å². The molecule has 2 fully saturated rings. The first-order valence-electron chi connectivity index (χ1n) is 16.1. The van der Waals surface area contributed by atoms with Crippen molar-refractivity contribution in [3.8, 4) is 17.3 Å². The summed E-state index contributed by atoms with van der Waals surface area (Å²) < 4.78 is 48.7. The van der Waals surface area contributed by atoms with Crippen LogP contribution in [-0.4, -0.2) is 108 Å². The summed E-state index contributed by atoms with van der Waals surface area (Å²) in [5.74, 6) is -1.02. The average molecular weight is 694 g/mol. The van der Waals surface area contributed by atoms with E-state index in [1.165, 1.54) is 12.3 Å². The molecule has 3 atom stereocenters. The highest BCUT2D eigenvalue weighted by Crippen LogP contribution is 2.38. The fourth-order valence-electron chi connectivity index (χ4n) is 6.46. The second-order valence-electron chi connectivity index (χ2n) is 13.4. The standard InChI is InChI=1S/C35H38ClF2N7O4/c1-35(2,3)49-34(46)45-13-12-44(17-22(45)15-39-4)32-25-16-40-30(24-9-7-8-20-10-11-26(37)28(36)27(20)24)29(38)31(25)41-33(42-32)48-19-21-14-23(47-6)18-43(21)5/h7-11,16,21-23H,12-15,17-19H2,1-3,5-6H3/t21-,22-,23+/m0/s1. The van der Waals surface area contributed by atoms with Crippen LogP contribution in [0.3, 0.4) is 0 Å². The number of methoxy groups -OCH3 is 1. The van der Waals surface area contributed by atoms with Gasteiger partial charge in [-0.05, 0) is 45.7 Å². The number of likely N-dealkylation sites (tertiary alicyclic amines) is 1. The Labute approximate surface area is 288 Å². The molecule has 0 unspecified atom stereocenters. The number of carbonyl (C=O) groups is 1. The summed E-state index contributed by atoms with van der Waals surface area (Å²) in [6.07, 6.45) is 1.79. The van der Waals surface area contributed by atoms with Gasteiger partial charge in [0.2, 0.25) is 6.54 Å². The Hall–Kier alpha value is -4.38. The van der Waals surface area contributed by atoms with E-state index < -0.39 is 29.4 Å². The van der Waals surface area contributed by atoms with Gasteiger partial charge in [-0.2, -0.15) is 9.97 Å². The van der Waals surface area contributed by atoms with Crippen molar-refractivity contribution < 1.29 is 27.8 Å². The van der Waals surface area contributed by atoms with Gasteiger partial charge in [-0.3, -0.25) is 14.8 Å². The molecule has 2 saturated heterocycles. The second kappa shape index (κ2) is 13.9. The van der Waals surface area contributed by atoms with Crippen LogP contribution >= 0.6 is 11.6 Å². The Morgan fingerprint density at radius 1 is 1.12 bits per heavy atom. The van der Waals surface area contributed by atoms with Crippen LogP contribution in [0.5, 0.6) is 6.01 Å². The number of benzene rings is 2. The lowest BCUT2D eigenvalue weighted by Crippen LogP contribution is -2.57. The first kappa shape index (κ1) is 34.5. The lowest BCUT2D eigenvalue weighted by Gasteiger charge is -2.40. The molecule has 0 bridgehead atoms. The van der Waals surface area contributed by atoms with Gasteiger partial charge >= 0.3 is 12.1 Å². The molecule has 4 heterocycles. The van der Waals surface area contributed by atoms with Crippen LogP contribution in [0.4, 0.5) is 19.4 Å². The number of pyridine rings is 1. The molecule has 0 aliphatic carbocycles. The van der Waals surface area contributed by atoms with Crippen LogP contribution in [0.1, 0.15) is 27.2 Å². The van der Waals surface area contributed by atoms with Gasteiger partial charge in [-0.1, -0.05) is 35.9 Å². The maximum atomic E-state index is 16.8. The van der Waals surface area contributed by atoms with Crippen molar-refractivity contribution in [2.75, 3.05) is 58.4 Å². The minimum Gasteiger partial charge on any atom is -0.462 e. The molecule has 0 N–H and O–H groups in total. The Balaban J connectivity index is 1.42. The van der Waals surface area contributed by atoms with E-state index in [9.17, 15) is 9.18 Å². The molecule has 258 valence electrons. The van der Waals surface area contributed by atoms with Gasteiger partial charge in [0.25, 0.3) is 0 Å². The van der Waals surface area contributed by atoms with Gasteiger partial charge in [0.1, 0.15) is 41.1 Å². The summed E-state index contributed by atoms with van der Waals surface area (Å²) in [7, 11) is 3.66. The minimum absolute atomic E-state index is 0.0266. The Kier molecular flexibility index (Phi) is 9.75. The summed E-state index contributed by atoms with van der Waals surface area (Å²) in [4.78, 5) is 36.0. The third-order valence-corrected chi connectivity index (χ3v) is 9.30. The first-order chi connectivity index (χ1) is 23.4.